The first kappa shape index (κ1) is 45.6. The van der Waals surface area contributed by atoms with Gasteiger partial charge in [-0.1, -0.05) is 149 Å². The first-order valence-electron chi connectivity index (χ1n) is 22.1. The van der Waals surface area contributed by atoms with Crippen LogP contribution in [0.25, 0.3) is 66.4 Å². The summed E-state index contributed by atoms with van der Waals surface area (Å²) in [6, 6.07) is 40.5. The zero-order valence-corrected chi connectivity index (χ0v) is 41.2. The van der Waals surface area contributed by atoms with E-state index in [1.54, 1.807) is 6.33 Å². The molecule has 0 aliphatic rings. The summed E-state index contributed by atoms with van der Waals surface area (Å²) in [5.41, 5.74) is 16.1. The molecule has 0 amide bonds. The predicted molar refractivity (Wildman–Crippen MR) is 258 cm³/mol. The van der Waals surface area contributed by atoms with Crippen molar-refractivity contribution in [1.82, 2.24) is 15.0 Å². The SMILES string of the molecule is CC(C)(C)c1ccc(-c2[c-]cccc2)nc1.CC(C)c1cc(C(C)C)c(Cc2cccc3c2oc2c3ccc3c4cc[c-]c(-c5cc(C(C)(C)C)ncn5)c4oc32)c(C(C)C)c1.[Ir]. The fraction of sp³-hybridized carbons (Fsp3) is 0.316. The summed E-state index contributed by atoms with van der Waals surface area (Å²) < 4.78 is 13.6. The maximum Gasteiger partial charge on any atom is 0.177 e. The van der Waals surface area contributed by atoms with E-state index >= 15 is 0 Å². The molecule has 325 valence electrons. The van der Waals surface area contributed by atoms with Crippen LogP contribution in [0.2, 0.25) is 0 Å². The van der Waals surface area contributed by atoms with Gasteiger partial charge in [0, 0.05) is 60.0 Å². The topological polar surface area (TPSA) is 65.0 Å². The van der Waals surface area contributed by atoms with Gasteiger partial charge in [0.25, 0.3) is 0 Å². The Bertz CT molecular complexity index is 3000. The molecule has 0 unspecified atom stereocenters. The Morgan fingerprint density at radius 1 is 0.556 bits per heavy atom. The number of para-hydroxylation sites is 1. The maximum atomic E-state index is 6.84. The summed E-state index contributed by atoms with van der Waals surface area (Å²) in [6.07, 6.45) is 4.41. The quantitative estimate of drug-likeness (QED) is 0.149. The van der Waals surface area contributed by atoms with Crippen molar-refractivity contribution in [2.24, 2.45) is 0 Å². The van der Waals surface area contributed by atoms with Crippen molar-refractivity contribution in [3.63, 3.8) is 0 Å². The summed E-state index contributed by atoms with van der Waals surface area (Å²) in [6.45, 7) is 26.9. The van der Waals surface area contributed by atoms with Crippen molar-refractivity contribution in [2.45, 2.75) is 118 Å². The van der Waals surface area contributed by atoms with Crippen LogP contribution in [0.4, 0.5) is 0 Å². The van der Waals surface area contributed by atoms with Crippen LogP contribution in [-0.2, 0) is 37.4 Å². The van der Waals surface area contributed by atoms with Crippen LogP contribution >= 0.6 is 0 Å². The predicted octanol–water partition coefficient (Wildman–Crippen LogP) is 15.8. The summed E-state index contributed by atoms with van der Waals surface area (Å²) in [5, 5.41) is 4.23. The minimum Gasteiger partial charge on any atom is -0.497 e. The second kappa shape index (κ2) is 18.0. The Labute approximate surface area is 387 Å². The van der Waals surface area contributed by atoms with Gasteiger partial charge in [-0.3, -0.25) is 4.98 Å². The van der Waals surface area contributed by atoms with Crippen molar-refractivity contribution in [1.29, 1.82) is 0 Å². The molecule has 0 saturated carbocycles. The third-order valence-electron chi connectivity index (χ3n) is 12.1. The van der Waals surface area contributed by atoms with E-state index in [1.807, 2.05) is 42.6 Å². The molecule has 6 heteroatoms. The maximum absolute atomic E-state index is 6.84. The van der Waals surface area contributed by atoms with Gasteiger partial charge in [-0.2, -0.15) is 0 Å². The Balaban J connectivity index is 0.000000295. The summed E-state index contributed by atoms with van der Waals surface area (Å²) in [7, 11) is 0. The molecule has 0 spiro atoms. The molecule has 9 rings (SSSR count). The minimum atomic E-state index is -0.0973. The first-order chi connectivity index (χ1) is 29.5. The van der Waals surface area contributed by atoms with Gasteiger partial charge in [-0.05, 0) is 74.0 Å². The van der Waals surface area contributed by atoms with Crippen molar-refractivity contribution in [2.75, 3.05) is 0 Å². The molecule has 0 bridgehead atoms. The van der Waals surface area contributed by atoms with Crippen LogP contribution in [0.3, 0.4) is 0 Å². The van der Waals surface area contributed by atoms with Gasteiger partial charge in [0.05, 0.1) is 5.58 Å². The van der Waals surface area contributed by atoms with Crippen molar-refractivity contribution >= 4 is 43.9 Å². The number of hydrogen-bond acceptors (Lipinski definition) is 5. The monoisotopic (exact) mass is 1010 g/mol. The number of hydrogen-bond donors (Lipinski definition) is 0. The van der Waals surface area contributed by atoms with Gasteiger partial charge in [0.15, 0.2) is 11.2 Å². The van der Waals surface area contributed by atoms with Gasteiger partial charge >= 0.3 is 0 Å². The Kier molecular flexibility index (Phi) is 13.0. The standard InChI is InChI=1S/C42H43N2O2.C15H16N.Ir/c1-23(2)27-19-33(24(3)4)35(34(20-27)25(5)6)18-26-12-10-13-28-30-16-17-31-29-14-11-15-32(36-21-37(42(7,8)9)44-22-43-36)39(29)46-41(31)40(30)45-38(26)28;1-15(2,3)13-9-10-14(16-11-13)12-7-5-4-6-8-12;/h10-14,16-17,19-25H,18H2,1-9H3;4-7,9-11H,1-3H3;/q2*-1;. The molecule has 0 saturated heterocycles. The zero-order chi connectivity index (χ0) is 44.1. The normalized spacial score (nSPS) is 12.2. The summed E-state index contributed by atoms with van der Waals surface area (Å²) in [4.78, 5) is 13.6. The van der Waals surface area contributed by atoms with E-state index in [4.69, 9.17) is 8.83 Å². The Morgan fingerprint density at radius 3 is 1.78 bits per heavy atom. The Morgan fingerprint density at radius 2 is 1.21 bits per heavy atom. The molecule has 0 atom stereocenters. The second-order valence-corrected chi connectivity index (χ2v) is 19.7. The summed E-state index contributed by atoms with van der Waals surface area (Å²) >= 11 is 0. The van der Waals surface area contributed by atoms with E-state index in [0.717, 1.165) is 78.5 Å². The summed E-state index contributed by atoms with van der Waals surface area (Å²) in [5.74, 6) is 1.34. The van der Waals surface area contributed by atoms with Gasteiger partial charge in [-0.25, -0.2) is 4.98 Å². The molecule has 9 aromatic rings. The van der Waals surface area contributed by atoms with Crippen LogP contribution < -0.4 is 0 Å². The smallest absolute Gasteiger partial charge is 0.177 e. The van der Waals surface area contributed by atoms with Gasteiger partial charge in [-0.15, -0.1) is 54.1 Å². The number of aromatic nitrogens is 3. The first-order valence-corrected chi connectivity index (χ1v) is 22.1. The fourth-order valence-corrected chi connectivity index (χ4v) is 8.40. The molecule has 5 aromatic carbocycles. The third-order valence-corrected chi connectivity index (χ3v) is 12.1. The van der Waals surface area contributed by atoms with Crippen LogP contribution in [0, 0.1) is 12.1 Å². The second-order valence-electron chi connectivity index (χ2n) is 19.7. The van der Waals surface area contributed by atoms with Crippen LogP contribution in [0.1, 0.15) is 140 Å². The van der Waals surface area contributed by atoms with Gasteiger partial charge < -0.3 is 13.8 Å². The number of rotatable bonds is 7. The van der Waals surface area contributed by atoms with Crippen molar-refractivity contribution < 1.29 is 28.9 Å². The average Bonchev–Trinajstić information content (AvgIpc) is 3.83. The molecule has 5 nitrogen and oxygen atoms in total. The number of benzene rings is 5. The molecule has 1 radical (unpaired) electrons. The van der Waals surface area contributed by atoms with Gasteiger partial charge in [0.1, 0.15) is 11.9 Å². The molecular formula is C57H59IrN3O2-2. The zero-order valence-electron chi connectivity index (χ0n) is 38.8. The van der Waals surface area contributed by atoms with E-state index in [1.165, 1.54) is 33.4 Å². The number of pyridine rings is 1. The average molecular weight is 1010 g/mol. The van der Waals surface area contributed by atoms with E-state index in [9.17, 15) is 0 Å². The molecule has 0 aliphatic heterocycles. The molecular weight excluding hydrogens is 951 g/mol. The van der Waals surface area contributed by atoms with Crippen molar-refractivity contribution in [3.05, 3.63) is 161 Å². The van der Waals surface area contributed by atoms with E-state index < -0.39 is 0 Å². The van der Waals surface area contributed by atoms with E-state index in [0.29, 0.717) is 17.8 Å². The Hall–Kier alpha value is -5.42. The molecule has 63 heavy (non-hydrogen) atoms. The largest absolute Gasteiger partial charge is 0.497 e. The number of furan rings is 2. The van der Waals surface area contributed by atoms with E-state index in [2.05, 4.69) is 171 Å². The van der Waals surface area contributed by atoms with Crippen LogP contribution in [-0.4, -0.2) is 15.0 Å². The minimum absolute atomic E-state index is 0. The number of fused-ring (bicyclic) bond motifs is 7. The molecule has 4 aromatic heterocycles. The van der Waals surface area contributed by atoms with Crippen molar-refractivity contribution in [3.8, 4) is 22.5 Å². The fourth-order valence-electron chi connectivity index (χ4n) is 8.40. The van der Waals surface area contributed by atoms with Crippen LogP contribution in [0.5, 0.6) is 0 Å². The molecule has 0 fully saturated rings. The molecule has 0 N–H and O–H groups in total. The molecule has 4 heterocycles. The molecule has 0 aliphatic carbocycles. The number of nitrogens with zero attached hydrogens (tertiary/aromatic N) is 3. The van der Waals surface area contributed by atoms with Gasteiger partial charge in [0.2, 0.25) is 0 Å². The third kappa shape index (κ3) is 9.17. The van der Waals surface area contributed by atoms with Crippen LogP contribution in [0.15, 0.2) is 118 Å². The van der Waals surface area contributed by atoms with E-state index in [-0.39, 0.29) is 30.9 Å².